The maximum absolute atomic E-state index is 12.7. The van der Waals surface area contributed by atoms with E-state index in [1.54, 1.807) is 34.9 Å². The van der Waals surface area contributed by atoms with Crippen LogP contribution in [0.5, 0.6) is 5.75 Å². The van der Waals surface area contributed by atoms with Crippen LogP contribution < -0.4 is 15.4 Å². The Hall–Kier alpha value is -4.23. The first kappa shape index (κ1) is 26.4. The fourth-order valence-electron chi connectivity index (χ4n) is 3.13. The highest BCUT2D eigenvalue weighted by atomic mass is 32.2. The van der Waals surface area contributed by atoms with Crippen molar-refractivity contribution < 1.29 is 24.4 Å². The molecular formula is C23H24N6O6S. The third kappa shape index (κ3) is 6.67. The molecule has 1 atom stereocenters. The van der Waals surface area contributed by atoms with Gasteiger partial charge in [0.05, 0.1) is 24.4 Å². The van der Waals surface area contributed by atoms with Gasteiger partial charge in [-0.1, -0.05) is 17.8 Å². The van der Waals surface area contributed by atoms with Crippen LogP contribution in [0, 0.1) is 10.1 Å². The van der Waals surface area contributed by atoms with Crippen molar-refractivity contribution in [2.45, 2.75) is 17.7 Å². The third-order valence-electron chi connectivity index (χ3n) is 4.90. The van der Waals surface area contributed by atoms with Crippen molar-refractivity contribution in [3.63, 3.8) is 0 Å². The first-order valence-electron chi connectivity index (χ1n) is 10.6. The van der Waals surface area contributed by atoms with Crippen LogP contribution in [0.1, 0.15) is 22.2 Å². The normalized spacial score (nSPS) is 11.4. The maximum Gasteiger partial charge on any atom is 0.269 e. The van der Waals surface area contributed by atoms with E-state index in [0.717, 1.165) is 11.8 Å². The number of nitro groups is 1. The number of carbonyl (C=O) groups is 2. The maximum atomic E-state index is 12.7. The van der Waals surface area contributed by atoms with E-state index in [1.807, 2.05) is 0 Å². The molecule has 0 unspecified atom stereocenters. The molecule has 36 heavy (non-hydrogen) atoms. The van der Waals surface area contributed by atoms with Crippen molar-refractivity contribution in [2.24, 2.45) is 0 Å². The van der Waals surface area contributed by atoms with Gasteiger partial charge in [-0.15, -0.1) is 16.8 Å². The van der Waals surface area contributed by atoms with Gasteiger partial charge < -0.3 is 25.0 Å². The third-order valence-corrected chi connectivity index (χ3v) is 5.87. The summed E-state index contributed by atoms with van der Waals surface area (Å²) >= 11 is 1.10. The number of anilines is 1. The Morgan fingerprint density at radius 3 is 2.50 bits per heavy atom. The smallest absolute Gasteiger partial charge is 0.269 e. The van der Waals surface area contributed by atoms with Crippen LogP contribution >= 0.6 is 11.8 Å². The van der Waals surface area contributed by atoms with E-state index in [0.29, 0.717) is 28.0 Å². The van der Waals surface area contributed by atoms with Gasteiger partial charge in [0.1, 0.15) is 11.8 Å². The number of nitrogens with zero attached hydrogens (tertiary/aromatic N) is 4. The van der Waals surface area contributed by atoms with E-state index in [1.165, 1.54) is 31.4 Å². The summed E-state index contributed by atoms with van der Waals surface area (Å²) in [5.74, 6) is 0.123. The van der Waals surface area contributed by atoms with E-state index < -0.39 is 23.5 Å². The Balaban J connectivity index is 1.67. The molecule has 0 aliphatic rings. The lowest BCUT2D eigenvalue weighted by atomic mass is 10.2. The highest BCUT2D eigenvalue weighted by Gasteiger charge is 2.23. The minimum Gasteiger partial charge on any atom is -0.497 e. The molecule has 0 aliphatic carbocycles. The Morgan fingerprint density at radius 1 is 1.22 bits per heavy atom. The monoisotopic (exact) mass is 512 g/mol. The van der Waals surface area contributed by atoms with Gasteiger partial charge in [0.15, 0.2) is 11.0 Å². The predicted molar refractivity (Wildman–Crippen MR) is 133 cm³/mol. The number of methoxy groups -OCH3 is 1. The Bertz CT molecular complexity index is 1230. The number of aliphatic hydroxyl groups is 1. The lowest BCUT2D eigenvalue weighted by Crippen LogP contribution is -2.33. The van der Waals surface area contributed by atoms with Crippen molar-refractivity contribution in [1.82, 2.24) is 20.1 Å². The Labute approximate surface area is 210 Å². The zero-order valence-electron chi connectivity index (χ0n) is 19.3. The molecule has 188 valence electrons. The van der Waals surface area contributed by atoms with Gasteiger partial charge in [-0.3, -0.25) is 19.7 Å². The van der Waals surface area contributed by atoms with E-state index in [9.17, 15) is 24.8 Å². The van der Waals surface area contributed by atoms with Crippen molar-refractivity contribution in [3.05, 3.63) is 82.7 Å². The summed E-state index contributed by atoms with van der Waals surface area (Å²) in [4.78, 5) is 35.3. The number of carbonyl (C=O) groups excluding carboxylic acids is 2. The Kier molecular flexibility index (Phi) is 9.13. The Morgan fingerprint density at radius 2 is 1.92 bits per heavy atom. The molecule has 2 amide bonds. The summed E-state index contributed by atoms with van der Waals surface area (Å²) in [5.41, 5.74) is 0.715. The molecule has 2 aromatic carbocycles. The van der Waals surface area contributed by atoms with Gasteiger partial charge in [-0.05, 0) is 36.4 Å². The summed E-state index contributed by atoms with van der Waals surface area (Å²) < 4.78 is 6.74. The highest BCUT2D eigenvalue weighted by molar-refractivity contribution is 7.99. The number of amides is 2. The molecule has 3 N–H and O–H groups in total. The topological polar surface area (TPSA) is 162 Å². The molecule has 0 saturated heterocycles. The molecule has 0 fully saturated rings. The van der Waals surface area contributed by atoms with Crippen LogP contribution in [-0.4, -0.2) is 56.1 Å². The lowest BCUT2D eigenvalue weighted by molar-refractivity contribution is -0.384. The number of nitrogens with one attached hydrogen (secondary N) is 2. The second kappa shape index (κ2) is 12.5. The number of non-ortho nitro benzene ring substituents is 1. The fraction of sp³-hybridized carbons (Fsp3) is 0.217. The second-order valence-electron chi connectivity index (χ2n) is 7.32. The number of rotatable bonds is 12. The molecule has 3 aromatic rings. The second-order valence-corrected chi connectivity index (χ2v) is 8.26. The fourth-order valence-corrected chi connectivity index (χ4v) is 3.89. The molecule has 1 aromatic heterocycles. The van der Waals surface area contributed by atoms with Crippen LogP contribution in [0.2, 0.25) is 0 Å². The standard InChI is InChI=1S/C23H24N6O6S/c1-3-12-28-21(19(13-30)25-22(32)15-4-10-18(35-2)11-5-15)26-27-23(28)36-14-20(31)24-16-6-8-17(9-7-16)29(33)34/h3-11,19,30H,1,12-14H2,2H3,(H,24,31)(H,25,32)/t19-/m1/s1. The number of nitro benzene ring substituents is 1. The van der Waals surface area contributed by atoms with Crippen molar-refractivity contribution in [2.75, 3.05) is 24.8 Å². The number of aliphatic hydroxyl groups excluding tert-OH is 1. The van der Waals surface area contributed by atoms with Crippen molar-refractivity contribution >= 4 is 35.0 Å². The van der Waals surface area contributed by atoms with Crippen molar-refractivity contribution in [1.29, 1.82) is 0 Å². The summed E-state index contributed by atoms with van der Waals surface area (Å²) in [7, 11) is 1.53. The largest absolute Gasteiger partial charge is 0.497 e. The first-order chi connectivity index (χ1) is 17.4. The van der Waals surface area contributed by atoms with Gasteiger partial charge >= 0.3 is 0 Å². The number of aromatic nitrogens is 3. The number of allylic oxidation sites excluding steroid dienone is 1. The zero-order chi connectivity index (χ0) is 26.1. The van der Waals surface area contributed by atoms with Gasteiger partial charge in [0.25, 0.3) is 11.6 Å². The highest BCUT2D eigenvalue weighted by Crippen LogP contribution is 2.22. The number of hydrogen-bond donors (Lipinski definition) is 3. The van der Waals surface area contributed by atoms with Gasteiger partial charge in [0, 0.05) is 29.9 Å². The summed E-state index contributed by atoms with van der Waals surface area (Å²) in [6, 6.07) is 11.1. The zero-order valence-corrected chi connectivity index (χ0v) is 20.1. The summed E-state index contributed by atoms with van der Waals surface area (Å²) in [6.07, 6.45) is 1.60. The molecule has 1 heterocycles. The first-order valence-corrected chi connectivity index (χ1v) is 11.6. The van der Waals surface area contributed by atoms with Crippen LogP contribution in [0.3, 0.4) is 0 Å². The molecule has 0 saturated carbocycles. The number of hydrogen-bond acceptors (Lipinski definition) is 9. The molecule has 0 aliphatic heterocycles. The van der Waals surface area contributed by atoms with E-state index in [4.69, 9.17) is 4.74 Å². The number of benzene rings is 2. The van der Waals surface area contributed by atoms with Crippen molar-refractivity contribution in [3.8, 4) is 5.75 Å². The van der Waals surface area contributed by atoms with Crippen LogP contribution in [0.25, 0.3) is 0 Å². The van der Waals surface area contributed by atoms with Gasteiger partial charge in [-0.2, -0.15) is 0 Å². The molecule has 0 bridgehead atoms. The van der Waals surface area contributed by atoms with Gasteiger partial charge in [0.2, 0.25) is 5.91 Å². The average molecular weight is 513 g/mol. The molecular weight excluding hydrogens is 488 g/mol. The van der Waals surface area contributed by atoms with Crippen LogP contribution in [-0.2, 0) is 11.3 Å². The molecule has 0 radical (unpaired) electrons. The predicted octanol–water partition coefficient (Wildman–Crippen LogP) is 2.58. The molecule has 3 rings (SSSR count). The summed E-state index contributed by atoms with van der Waals surface area (Å²) in [6.45, 7) is 3.58. The van der Waals surface area contributed by atoms with E-state index >= 15 is 0 Å². The molecule has 0 spiro atoms. The quantitative estimate of drug-likeness (QED) is 0.143. The van der Waals surface area contributed by atoms with Gasteiger partial charge in [-0.25, -0.2) is 0 Å². The van der Waals surface area contributed by atoms with Crippen LogP contribution in [0.15, 0.2) is 66.3 Å². The van der Waals surface area contributed by atoms with Crippen LogP contribution in [0.4, 0.5) is 11.4 Å². The van der Waals surface area contributed by atoms with E-state index in [2.05, 4.69) is 27.4 Å². The lowest BCUT2D eigenvalue weighted by Gasteiger charge is -2.17. The molecule has 12 nitrogen and oxygen atoms in total. The number of thioether (sulfide) groups is 1. The number of ether oxygens (including phenoxy) is 1. The molecule has 13 heteroatoms. The minimum atomic E-state index is -0.852. The average Bonchev–Trinajstić information content (AvgIpc) is 3.28. The SMILES string of the molecule is C=CCn1c(SCC(=O)Nc2ccc([N+](=O)[O-])cc2)nnc1[C@@H](CO)NC(=O)c1ccc(OC)cc1. The van der Waals surface area contributed by atoms with E-state index in [-0.39, 0.29) is 23.9 Å². The minimum absolute atomic E-state index is 0.0196. The summed E-state index contributed by atoms with van der Waals surface area (Å²) in [5, 5.41) is 34.7.